The molecule has 0 bridgehead atoms. The number of carbonyl (C=O) groups is 1. The number of benzene rings is 1. The zero-order chi connectivity index (χ0) is 20.3. The Morgan fingerprint density at radius 1 is 1.36 bits per heavy atom. The molecule has 3 rings (SSSR count). The Labute approximate surface area is 169 Å². The highest BCUT2D eigenvalue weighted by Crippen LogP contribution is 2.37. The van der Waals surface area contributed by atoms with Crippen molar-refractivity contribution in [3.05, 3.63) is 23.6 Å². The number of aromatic nitrogens is 1. The molecule has 3 aromatic rings. The van der Waals surface area contributed by atoms with Crippen LogP contribution in [-0.4, -0.2) is 46.1 Å². The number of nitrogens with one attached hydrogen (secondary N) is 2. The Morgan fingerprint density at radius 2 is 2.14 bits per heavy atom. The number of carbonyl (C=O) groups excluding carboxylic acids is 1. The van der Waals surface area contributed by atoms with Crippen molar-refractivity contribution >= 4 is 55.0 Å². The Bertz CT molecular complexity index is 1110. The smallest absolute Gasteiger partial charge is 0.243 e. The number of alkyl halides is 1. The topological polar surface area (TPSA) is 120 Å². The van der Waals surface area contributed by atoms with Gasteiger partial charge in [-0.3, -0.25) is 4.79 Å². The maximum atomic E-state index is 12.6. The molecule has 0 aliphatic heterocycles. The van der Waals surface area contributed by atoms with Crippen LogP contribution in [0.5, 0.6) is 5.75 Å². The molecule has 28 heavy (non-hydrogen) atoms. The molecule has 12 heteroatoms. The predicted molar refractivity (Wildman–Crippen MR) is 105 cm³/mol. The Kier molecular flexibility index (Phi) is 6.20. The summed E-state index contributed by atoms with van der Waals surface area (Å²) >= 11 is 6.66. The van der Waals surface area contributed by atoms with Crippen LogP contribution in [0.4, 0.5) is 5.13 Å². The number of thiazole rings is 1. The molecule has 150 valence electrons. The lowest BCUT2D eigenvalue weighted by atomic mass is 10.2. The molecule has 0 saturated heterocycles. The van der Waals surface area contributed by atoms with Crippen LogP contribution >= 0.6 is 22.9 Å². The second-order valence-corrected chi connectivity index (χ2v) is 8.28. The predicted octanol–water partition coefficient (Wildman–Crippen LogP) is 2.62. The highest BCUT2D eigenvalue weighted by Gasteiger charge is 2.23. The summed E-state index contributed by atoms with van der Waals surface area (Å²) in [5.74, 6) is 0.126. The summed E-state index contributed by atoms with van der Waals surface area (Å²) in [6, 6.07) is 4.48. The molecule has 1 aromatic carbocycles. The van der Waals surface area contributed by atoms with E-state index in [1.807, 2.05) is 0 Å². The van der Waals surface area contributed by atoms with E-state index in [1.54, 1.807) is 11.4 Å². The van der Waals surface area contributed by atoms with E-state index in [-0.39, 0.29) is 29.0 Å². The molecule has 0 atom stereocenters. The standard InChI is InChI=1S/C16H16ClN3O6S2/c1-24-8-18-28(22,23)13-4-3-11(25-2)15-9(13)5-12(26-15)10-7-27-16(19-10)20-14(21)6-17/h3-5,7,18H,6,8H2,1-2H3,(H,19,20,21). The molecule has 1 amide bonds. The zero-order valence-electron chi connectivity index (χ0n) is 14.8. The first-order valence-electron chi connectivity index (χ1n) is 7.80. The van der Waals surface area contributed by atoms with Gasteiger partial charge in [0.05, 0.1) is 12.0 Å². The number of hydrogen-bond donors (Lipinski definition) is 2. The van der Waals surface area contributed by atoms with Crippen molar-refractivity contribution in [2.45, 2.75) is 4.90 Å². The van der Waals surface area contributed by atoms with Crippen molar-refractivity contribution in [3.63, 3.8) is 0 Å². The van der Waals surface area contributed by atoms with Crippen molar-refractivity contribution in [2.75, 3.05) is 32.1 Å². The van der Waals surface area contributed by atoms with Gasteiger partial charge < -0.3 is 19.2 Å². The van der Waals surface area contributed by atoms with Crippen molar-refractivity contribution in [2.24, 2.45) is 0 Å². The summed E-state index contributed by atoms with van der Waals surface area (Å²) in [6.45, 7) is -0.170. The summed E-state index contributed by atoms with van der Waals surface area (Å²) in [5.41, 5.74) is 0.693. The molecule has 0 spiro atoms. The maximum absolute atomic E-state index is 12.6. The van der Waals surface area contributed by atoms with Gasteiger partial charge in [0.15, 0.2) is 22.2 Å². The minimum absolute atomic E-state index is 0.0150. The normalized spacial score (nSPS) is 11.7. The summed E-state index contributed by atoms with van der Waals surface area (Å²) < 4.78 is 43.3. The Morgan fingerprint density at radius 3 is 2.82 bits per heavy atom. The van der Waals surface area contributed by atoms with E-state index in [9.17, 15) is 13.2 Å². The molecule has 2 heterocycles. The molecule has 0 saturated carbocycles. The lowest BCUT2D eigenvalue weighted by Crippen LogP contribution is -2.25. The molecular weight excluding hydrogens is 430 g/mol. The summed E-state index contributed by atoms with van der Waals surface area (Å²) in [6.07, 6.45) is 0. The van der Waals surface area contributed by atoms with E-state index < -0.39 is 10.0 Å². The van der Waals surface area contributed by atoms with E-state index >= 15 is 0 Å². The van der Waals surface area contributed by atoms with Crippen LogP contribution in [-0.2, 0) is 19.6 Å². The number of hydrogen-bond acceptors (Lipinski definition) is 8. The van der Waals surface area contributed by atoms with Gasteiger partial charge in [0, 0.05) is 17.9 Å². The third-order valence-electron chi connectivity index (χ3n) is 3.63. The van der Waals surface area contributed by atoms with Gasteiger partial charge in [-0.2, -0.15) is 4.72 Å². The molecular formula is C16H16ClN3O6S2. The fourth-order valence-corrected chi connectivity index (χ4v) is 4.31. The van der Waals surface area contributed by atoms with Crippen molar-refractivity contribution < 1.29 is 27.1 Å². The fraction of sp³-hybridized carbons (Fsp3) is 0.250. The van der Waals surface area contributed by atoms with Crippen LogP contribution in [0.2, 0.25) is 0 Å². The van der Waals surface area contributed by atoms with Crippen molar-refractivity contribution in [3.8, 4) is 17.2 Å². The first-order chi connectivity index (χ1) is 13.4. The third kappa shape index (κ3) is 4.13. The number of fused-ring (bicyclic) bond motifs is 1. The molecule has 0 unspecified atom stereocenters. The minimum Gasteiger partial charge on any atom is -0.493 e. The van der Waals surface area contributed by atoms with E-state index in [4.69, 9.17) is 25.5 Å². The van der Waals surface area contributed by atoms with Crippen molar-refractivity contribution in [1.82, 2.24) is 9.71 Å². The van der Waals surface area contributed by atoms with E-state index in [0.29, 0.717) is 27.7 Å². The van der Waals surface area contributed by atoms with Crippen molar-refractivity contribution in [1.29, 1.82) is 0 Å². The number of amides is 1. The number of anilines is 1. The highest BCUT2D eigenvalue weighted by molar-refractivity contribution is 7.89. The van der Waals surface area contributed by atoms with Gasteiger partial charge >= 0.3 is 0 Å². The lowest BCUT2D eigenvalue weighted by Gasteiger charge is -2.08. The summed E-state index contributed by atoms with van der Waals surface area (Å²) in [7, 11) is -1.00. The van der Waals surface area contributed by atoms with Crippen LogP contribution in [0.15, 0.2) is 32.9 Å². The number of sulfonamides is 1. The first-order valence-corrected chi connectivity index (χ1v) is 10.7. The summed E-state index contributed by atoms with van der Waals surface area (Å²) in [5, 5.41) is 4.90. The van der Waals surface area contributed by atoms with Crippen LogP contribution in [0.1, 0.15) is 0 Å². The third-order valence-corrected chi connectivity index (χ3v) is 6.07. The average Bonchev–Trinajstić information content (AvgIpc) is 3.32. The van der Waals surface area contributed by atoms with Gasteiger partial charge in [-0.15, -0.1) is 22.9 Å². The van der Waals surface area contributed by atoms with Gasteiger partial charge in [-0.1, -0.05) is 0 Å². The van der Waals surface area contributed by atoms with Crippen LogP contribution in [0, 0.1) is 0 Å². The SMILES string of the molecule is COCNS(=O)(=O)c1ccc(OC)c2oc(-c3csc(NC(=O)CCl)n3)cc12. The molecule has 9 nitrogen and oxygen atoms in total. The second-order valence-electron chi connectivity index (χ2n) is 5.42. The lowest BCUT2D eigenvalue weighted by molar-refractivity contribution is -0.113. The molecule has 0 radical (unpaired) electrons. The zero-order valence-corrected chi connectivity index (χ0v) is 17.2. The number of ether oxygens (including phenoxy) is 2. The van der Waals surface area contributed by atoms with Gasteiger partial charge in [0.1, 0.15) is 18.3 Å². The molecule has 0 fully saturated rings. The monoisotopic (exact) mass is 445 g/mol. The van der Waals surface area contributed by atoms with Crippen LogP contribution in [0.3, 0.4) is 0 Å². The Balaban J connectivity index is 2.07. The Hall–Kier alpha value is -2.18. The first kappa shape index (κ1) is 20.6. The van der Waals surface area contributed by atoms with Gasteiger partial charge in [0.25, 0.3) is 0 Å². The van der Waals surface area contributed by atoms with E-state index in [2.05, 4.69) is 15.0 Å². The van der Waals surface area contributed by atoms with Gasteiger partial charge in [-0.05, 0) is 18.2 Å². The van der Waals surface area contributed by atoms with E-state index in [0.717, 1.165) is 0 Å². The second kappa shape index (κ2) is 8.45. The summed E-state index contributed by atoms with van der Waals surface area (Å²) in [4.78, 5) is 15.7. The number of rotatable bonds is 8. The minimum atomic E-state index is -3.84. The molecule has 0 aliphatic rings. The fourth-order valence-electron chi connectivity index (χ4n) is 2.41. The molecule has 2 N–H and O–H groups in total. The van der Waals surface area contributed by atoms with E-state index in [1.165, 1.54) is 37.7 Å². The number of furan rings is 1. The van der Waals surface area contributed by atoms with Gasteiger partial charge in [-0.25, -0.2) is 13.4 Å². The quantitative estimate of drug-likeness (QED) is 0.404. The maximum Gasteiger partial charge on any atom is 0.243 e. The van der Waals surface area contributed by atoms with Crippen LogP contribution < -0.4 is 14.8 Å². The van der Waals surface area contributed by atoms with Crippen LogP contribution in [0.25, 0.3) is 22.4 Å². The largest absolute Gasteiger partial charge is 0.493 e. The highest BCUT2D eigenvalue weighted by atomic mass is 35.5. The average molecular weight is 446 g/mol. The molecule has 2 aromatic heterocycles. The van der Waals surface area contributed by atoms with Gasteiger partial charge in [0.2, 0.25) is 15.9 Å². The number of nitrogens with zero attached hydrogens (tertiary/aromatic N) is 1. The number of halogens is 1. The number of methoxy groups -OCH3 is 2. The molecule has 0 aliphatic carbocycles.